The molecule has 1 saturated heterocycles. The zero-order valence-electron chi connectivity index (χ0n) is 16.0. The van der Waals surface area contributed by atoms with Gasteiger partial charge in [-0.3, -0.25) is 4.79 Å². The Morgan fingerprint density at radius 1 is 1.17 bits per heavy atom. The summed E-state index contributed by atoms with van der Waals surface area (Å²) in [7, 11) is 0. The number of hydrogen-bond donors (Lipinski definition) is 0. The van der Waals surface area contributed by atoms with E-state index in [2.05, 4.69) is 10.1 Å². The summed E-state index contributed by atoms with van der Waals surface area (Å²) in [6.07, 6.45) is -2.36. The molecular formula is C21H18F3N3O2S. The lowest BCUT2D eigenvalue weighted by Crippen LogP contribution is -2.26. The van der Waals surface area contributed by atoms with Crippen LogP contribution in [0, 0.1) is 0 Å². The highest BCUT2D eigenvalue weighted by Crippen LogP contribution is 2.35. The molecule has 1 amide bonds. The van der Waals surface area contributed by atoms with Crippen molar-refractivity contribution in [1.29, 1.82) is 0 Å². The fourth-order valence-electron chi connectivity index (χ4n) is 3.49. The maximum atomic E-state index is 13.2. The van der Waals surface area contributed by atoms with Gasteiger partial charge < -0.3 is 9.42 Å². The molecule has 156 valence electrons. The number of aromatic nitrogens is 2. The SMILES string of the molecule is CSc1ccc(-c2noc(C3CC(=O)N(Cc4ccccc4C(F)(F)F)C3)n2)cc1. The number of amides is 1. The predicted octanol–water partition coefficient (Wildman–Crippen LogP) is 4.99. The van der Waals surface area contributed by atoms with Gasteiger partial charge in [-0.1, -0.05) is 23.4 Å². The molecule has 0 aliphatic carbocycles. The molecule has 2 aromatic carbocycles. The van der Waals surface area contributed by atoms with Crippen LogP contribution in [-0.2, 0) is 17.5 Å². The van der Waals surface area contributed by atoms with Gasteiger partial charge in [0.05, 0.1) is 11.5 Å². The van der Waals surface area contributed by atoms with Gasteiger partial charge in [0.1, 0.15) is 0 Å². The van der Waals surface area contributed by atoms with Crippen molar-refractivity contribution in [2.75, 3.05) is 12.8 Å². The van der Waals surface area contributed by atoms with Crippen LogP contribution in [0.25, 0.3) is 11.4 Å². The van der Waals surface area contributed by atoms with Crippen molar-refractivity contribution in [2.45, 2.75) is 30.0 Å². The Morgan fingerprint density at radius 2 is 1.90 bits per heavy atom. The molecule has 0 saturated carbocycles. The molecule has 1 atom stereocenters. The normalized spacial score (nSPS) is 17.0. The van der Waals surface area contributed by atoms with Crippen LogP contribution in [0.3, 0.4) is 0 Å². The molecule has 9 heteroatoms. The first kappa shape index (κ1) is 20.5. The second-order valence-electron chi connectivity index (χ2n) is 7.01. The maximum Gasteiger partial charge on any atom is 0.416 e. The van der Waals surface area contributed by atoms with Gasteiger partial charge in [0.25, 0.3) is 0 Å². The molecule has 1 aliphatic rings. The van der Waals surface area contributed by atoms with E-state index >= 15 is 0 Å². The zero-order chi connectivity index (χ0) is 21.3. The molecular weight excluding hydrogens is 415 g/mol. The van der Waals surface area contributed by atoms with E-state index in [0.717, 1.165) is 16.5 Å². The highest BCUT2D eigenvalue weighted by Gasteiger charge is 2.37. The van der Waals surface area contributed by atoms with Crippen molar-refractivity contribution in [3.63, 3.8) is 0 Å². The highest BCUT2D eigenvalue weighted by atomic mass is 32.2. The molecule has 0 spiro atoms. The average molecular weight is 433 g/mol. The summed E-state index contributed by atoms with van der Waals surface area (Å²) < 4.78 is 45.1. The number of halogens is 3. The number of hydrogen-bond acceptors (Lipinski definition) is 5. The summed E-state index contributed by atoms with van der Waals surface area (Å²) in [4.78, 5) is 19.3. The zero-order valence-corrected chi connectivity index (χ0v) is 16.8. The van der Waals surface area contributed by atoms with E-state index in [9.17, 15) is 18.0 Å². The van der Waals surface area contributed by atoms with E-state index < -0.39 is 11.7 Å². The van der Waals surface area contributed by atoms with E-state index in [1.807, 2.05) is 30.5 Å². The standard InChI is InChI=1S/C21H18F3N3O2S/c1-30-16-8-6-13(7-9-16)19-25-20(29-26-19)15-10-18(28)27(12-15)11-14-4-2-3-5-17(14)21(22,23)24/h2-9,15H,10-12H2,1H3. The average Bonchev–Trinajstić information content (AvgIpc) is 3.35. The van der Waals surface area contributed by atoms with E-state index in [1.165, 1.54) is 23.1 Å². The smallest absolute Gasteiger partial charge is 0.339 e. The van der Waals surface area contributed by atoms with Crippen LogP contribution in [0.1, 0.15) is 29.4 Å². The molecule has 1 aromatic heterocycles. The number of likely N-dealkylation sites (tertiary alicyclic amines) is 1. The molecule has 2 heterocycles. The van der Waals surface area contributed by atoms with E-state index in [-0.39, 0.29) is 36.9 Å². The number of benzene rings is 2. The third-order valence-corrected chi connectivity index (χ3v) is 5.78. The third-order valence-electron chi connectivity index (χ3n) is 5.04. The number of alkyl halides is 3. The Bertz CT molecular complexity index is 1050. The van der Waals surface area contributed by atoms with Crippen molar-refractivity contribution < 1.29 is 22.5 Å². The maximum absolute atomic E-state index is 13.2. The molecule has 0 N–H and O–H groups in total. The molecule has 0 bridgehead atoms. The first-order valence-electron chi connectivity index (χ1n) is 9.26. The van der Waals surface area contributed by atoms with Gasteiger partial charge in [0.2, 0.25) is 17.6 Å². The van der Waals surface area contributed by atoms with Crippen LogP contribution in [-0.4, -0.2) is 33.7 Å². The summed E-state index contributed by atoms with van der Waals surface area (Å²) in [6, 6.07) is 13.0. The number of nitrogens with zero attached hydrogens (tertiary/aromatic N) is 3. The van der Waals surface area contributed by atoms with Crippen LogP contribution in [0.5, 0.6) is 0 Å². The van der Waals surface area contributed by atoms with Gasteiger partial charge in [-0.25, -0.2) is 0 Å². The predicted molar refractivity (Wildman–Crippen MR) is 106 cm³/mol. The first-order chi connectivity index (χ1) is 14.3. The van der Waals surface area contributed by atoms with Crippen LogP contribution in [0.2, 0.25) is 0 Å². The first-order valence-corrected chi connectivity index (χ1v) is 10.5. The second-order valence-corrected chi connectivity index (χ2v) is 7.89. The number of thioether (sulfide) groups is 1. The molecule has 0 radical (unpaired) electrons. The quantitative estimate of drug-likeness (QED) is 0.531. The molecule has 5 nitrogen and oxygen atoms in total. The topological polar surface area (TPSA) is 59.2 Å². The van der Waals surface area contributed by atoms with Gasteiger partial charge in [0, 0.05) is 30.0 Å². The molecule has 4 rings (SSSR count). The Hall–Kier alpha value is -2.81. The van der Waals surface area contributed by atoms with Crippen LogP contribution < -0.4 is 0 Å². The lowest BCUT2D eigenvalue weighted by atomic mass is 10.1. The Balaban J connectivity index is 1.49. The lowest BCUT2D eigenvalue weighted by Gasteiger charge is -2.19. The molecule has 30 heavy (non-hydrogen) atoms. The minimum absolute atomic E-state index is 0.0686. The van der Waals surface area contributed by atoms with Crippen LogP contribution in [0.4, 0.5) is 13.2 Å². The summed E-state index contributed by atoms with van der Waals surface area (Å²) in [5, 5.41) is 4.00. The van der Waals surface area contributed by atoms with E-state index in [0.29, 0.717) is 11.7 Å². The van der Waals surface area contributed by atoms with Crippen molar-refractivity contribution in [2.24, 2.45) is 0 Å². The van der Waals surface area contributed by atoms with E-state index in [1.54, 1.807) is 11.8 Å². The fraction of sp³-hybridized carbons (Fsp3) is 0.286. The van der Waals surface area contributed by atoms with Crippen molar-refractivity contribution in [1.82, 2.24) is 15.0 Å². The van der Waals surface area contributed by atoms with Crippen molar-refractivity contribution in [3.8, 4) is 11.4 Å². The Labute approximate surface area is 175 Å². The summed E-state index contributed by atoms with van der Waals surface area (Å²) >= 11 is 1.62. The Morgan fingerprint density at radius 3 is 2.60 bits per heavy atom. The van der Waals surface area contributed by atoms with Crippen molar-refractivity contribution in [3.05, 3.63) is 65.5 Å². The Kier molecular flexibility index (Phi) is 5.55. The minimum atomic E-state index is -4.47. The van der Waals surface area contributed by atoms with Gasteiger partial charge in [-0.2, -0.15) is 18.2 Å². The van der Waals surface area contributed by atoms with Gasteiger partial charge >= 0.3 is 6.18 Å². The van der Waals surface area contributed by atoms with E-state index in [4.69, 9.17) is 4.52 Å². The second kappa shape index (κ2) is 8.14. The monoisotopic (exact) mass is 433 g/mol. The highest BCUT2D eigenvalue weighted by molar-refractivity contribution is 7.98. The molecule has 3 aromatic rings. The largest absolute Gasteiger partial charge is 0.416 e. The fourth-order valence-corrected chi connectivity index (χ4v) is 3.90. The number of rotatable bonds is 5. The minimum Gasteiger partial charge on any atom is -0.339 e. The van der Waals surface area contributed by atoms with Gasteiger partial charge in [0.15, 0.2) is 0 Å². The number of carbonyl (C=O) groups is 1. The molecule has 1 unspecified atom stereocenters. The molecule has 1 fully saturated rings. The summed E-state index contributed by atoms with van der Waals surface area (Å²) in [5.74, 6) is 0.160. The summed E-state index contributed by atoms with van der Waals surface area (Å²) in [5.41, 5.74) is 0.136. The lowest BCUT2D eigenvalue weighted by molar-refractivity contribution is -0.139. The summed E-state index contributed by atoms with van der Waals surface area (Å²) in [6.45, 7) is 0.125. The van der Waals surface area contributed by atoms with Crippen LogP contribution >= 0.6 is 11.8 Å². The third kappa shape index (κ3) is 4.21. The van der Waals surface area contributed by atoms with Gasteiger partial charge in [-0.15, -0.1) is 11.8 Å². The van der Waals surface area contributed by atoms with Gasteiger partial charge in [-0.05, 0) is 42.2 Å². The van der Waals surface area contributed by atoms with Crippen LogP contribution in [0.15, 0.2) is 57.9 Å². The van der Waals surface area contributed by atoms with Crippen molar-refractivity contribution >= 4 is 17.7 Å². The molecule has 1 aliphatic heterocycles. The number of carbonyl (C=O) groups excluding carboxylic acids is 1.